The third-order valence-corrected chi connectivity index (χ3v) is 3.62. The topological polar surface area (TPSA) is 63.8 Å². The summed E-state index contributed by atoms with van der Waals surface area (Å²) in [4.78, 5) is 7.95. The van der Waals surface area contributed by atoms with Crippen LogP contribution < -0.4 is 11.1 Å². The molecule has 0 aliphatic heterocycles. The number of hydrogen-bond acceptors (Lipinski definition) is 4. The fourth-order valence-electron chi connectivity index (χ4n) is 2.30. The van der Waals surface area contributed by atoms with Crippen LogP contribution in [0.1, 0.15) is 13.0 Å². The van der Waals surface area contributed by atoms with Gasteiger partial charge in [0.1, 0.15) is 5.82 Å². The highest BCUT2D eigenvalue weighted by Gasteiger charge is 2.33. The van der Waals surface area contributed by atoms with E-state index >= 15 is 0 Å². The van der Waals surface area contributed by atoms with Crippen LogP contribution in [0.15, 0.2) is 54.6 Å². The Labute approximate surface area is 153 Å². The molecule has 0 spiro atoms. The molecule has 4 nitrogen and oxygen atoms in total. The number of anilines is 3. The van der Waals surface area contributed by atoms with Crippen molar-refractivity contribution in [2.75, 3.05) is 11.1 Å². The third kappa shape index (κ3) is 4.43. The first-order valence-electron chi connectivity index (χ1n) is 7.17. The van der Waals surface area contributed by atoms with Crippen molar-refractivity contribution < 1.29 is 13.2 Å². The molecule has 0 saturated heterocycles. The van der Waals surface area contributed by atoms with Crippen LogP contribution in [0.4, 0.5) is 30.6 Å². The highest BCUT2D eigenvalue weighted by molar-refractivity contribution is 6.30. The molecule has 1 heterocycles. The molecule has 0 radical (unpaired) electrons. The number of hydrogen-bond donors (Lipinski definition) is 2. The second-order valence-corrected chi connectivity index (χ2v) is 5.61. The lowest BCUT2D eigenvalue weighted by atomic mass is 10.0. The van der Waals surface area contributed by atoms with Crippen LogP contribution in [0.3, 0.4) is 0 Å². The molecule has 0 fully saturated rings. The van der Waals surface area contributed by atoms with Gasteiger partial charge in [0.25, 0.3) is 0 Å². The van der Waals surface area contributed by atoms with Crippen LogP contribution in [-0.2, 0) is 6.18 Å². The zero-order valence-electron chi connectivity index (χ0n) is 12.7. The summed E-state index contributed by atoms with van der Waals surface area (Å²) < 4.78 is 39.7. The SMILES string of the molecule is C.Nc1nc(Nc2ccc(Cl)cc2)cc(-c2ccccc2C(F)(F)F)n1. The summed E-state index contributed by atoms with van der Waals surface area (Å²) >= 11 is 5.83. The molecule has 2 aromatic carbocycles. The van der Waals surface area contributed by atoms with Crippen molar-refractivity contribution in [1.29, 1.82) is 0 Å². The van der Waals surface area contributed by atoms with Gasteiger partial charge in [-0.05, 0) is 30.3 Å². The maximum atomic E-state index is 13.2. The maximum absolute atomic E-state index is 13.2. The van der Waals surface area contributed by atoms with Crippen molar-refractivity contribution in [3.8, 4) is 11.3 Å². The summed E-state index contributed by atoms with van der Waals surface area (Å²) in [7, 11) is 0. The average Bonchev–Trinajstić information content (AvgIpc) is 2.56. The molecule has 0 atom stereocenters. The van der Waals surface area contributed by atoms with Gasteiger partial charge in [-0.3, -0.25) is 0 Å². The Bertz CT molecular complexity index is 896. The standard InChI is InChI=1S/C17H12ClF3N4.CH4/c18-10-5-7-11(8-6-10)23-15-9-14(24-16(22)25-15)12-3-1-2-4-13(12)17(19,20)21;/h1-9H,(H3,22,23,24,25);1H4. The van der Waals surface area contributed by atoms with Crippen molar-refractivity contribution in [1.82, 2.24) is 9.97 Å². The van der Waals surface area contributed by atoms with E-state index < -0.39 is 11.7 Å². The Morgan fingerprint density at radius 3 is 2.27 bits per heavy atom. The molecule has 3 N–H and O–H groups in total. The van der Waals surface area contributed by atoms with Gasteiger partial charge in [0.05, 0.1) is 11.3 Å². The molecule has 1 aromatic heterocycles. The van der Waals surface area contributed by atoms with Crippen LogP contribution in [0.5, 0.6) is 0 Å². The Kier molecular flexibility index (Phi) is 5.72. The van der Waals surface area contributed by atoms with E-state index in [1.165, 1.54) is 24.3 Å². The zero-order chi connectivity index (χ0) is 18.0. The number of aromatic nitrogens is 2. The average molecular weight is 381 g/mol. The molecule has 0 aliphatic carbocycles. The normalized spacial score (nSPS) is 10.9. The first-order chi connectivity index (χ1) is 11.8. The van der Waals surface area contributed by atoms with Crippen molar-refractivity contribution in [2.24, 2.45) is 0 Å². The molecular formula is C18H16ClF3N4. The van der Waals surface area contributed by atoms with Gasteiger partial charge >= 0.3 is 6.18 Å². The van der Waals surface area contributed by atoms with Crippen LogP contribution in [-0.4, -0.2) is 9.97 Å². The molecule has 0 unspecified atom stereocenters. The number of nitrogens with two attached hydrogens (primary N) is 1. The number of nitrogens with one attached hydrogen (secondary N) is 1. The molecule has 3 aromatic rings. The Morgan fingerprint density at radius 1 is 0.962 bits per heavy atom. The molecule has 26 heavy (non-hydrogen) atoms. The van der Waals surface area contributed by atoms with Gasteiger partial charge in [0.2, 0.25) is 5.95 Å². The summed E-state index contributed by atoms with van der Waals surface area (Å²) in [6.45, 7) is 0. The summed E-state index contributed by atoms with van der Waals surface area (Å²) in [5.74, 6) is 0.146. The largest absolute Gasteiger partial charge is 0.417 e. The van der Waals surface area contributed by atoms with Gasteiger partial charge in [0, 0.05) is 22.3 Å². The Balaban J connectivity index is 0.00000243. The lowest BCUT2D eigenvalue weighted by Gasteiger charge is -2.13. The molecule has 0 amide bonds. The molecule has 0 saturated carbocycles. The van der Waals surface area contributed by atoms with E-state index in [0.717, 1.165) is 6.07 Å². The summed E-state index contributed by atoms with van der Waals surface area (Å²) in [5, 5.41) is 3.53. The zero-order valence-corrected chi connectivity index (χ0v) is 13.4. The second-order valence-electron chi connectivity index (χ2n) is 5.17. The second kappa shape index (κ2) is 7.61. The van der Waals surface area contributed by atoms with Gasteiger partial charge in [0.15, 0.2) is 0 Å². The fraction of sp³-hybridized carbons (Fsp3) is 0.111. The number of nitrogen functional groups attached to an aromatic ring is 1. The van der Waals surface area contributed by atoms with Crippen LogP contribution in [0, 0.1) is 0 Å². The highest BCUT2D eigenvalue weighted by atomic mass is 35.5. The van der Waals surface area contributed by atoms with E-state index in [1.807, 2.05) is 0 Å². The van der Waals surface area contributed by atoms with Gasteiger partial charge in [-0.1, -0.05) is 37.2 Å². The molecule has 8 heteroatoms. The summed E-state index contributed by atoms with van der Waals surface area (Å²) in [5.41, 5.74) is 5.56. The van der Waals surface area contributed by atoms with Crippen LogP contribution in [0.2, 0.25) is 5.02 Å². The molecule has 0 aliphatic rings. The predicted molar refractivity (Wildman–Crippen MR) is 98.3 cm³/mol. The maximum Gasteiger partial charge on any atom is 0.417 e. The molecule has 0 bridgehead atoms. The number of rotatable bonds is 3. The predicted octanol–water partition coefficient (Wildman–Crippen LogP) is 5.78. The lowest BCUT2D eigenvalue weighted by Crippen LogP contribution is -2.08. The van der Waals surface area contributed by atoms with Gasteiger partial charge in [-0.15, -0.1) is 0 Å². The van der Waals surface area contributed by atoms with Gasteiger partial charge in [-0.2, -0.15) is 18.2 Å². The minimum absolute atomic E-state index is 0. The molecule has 136 valence electrons. The van der Waals surface area contributed by atoms with E-state index in [9.17, 15) is 13.2 Å². The van der Waals surface area contributed by atoms with Crippen molar-refractivity contribution in [3.63, 3.8) is 0 Å². The van der Waals surface area contributed by atoms with Crippen molar-refractivity contribution >= 4 is 29.1 Å². The third-order valence-electron chi connectivity index (χ3n) is 3.37. The number of nitrogens with zero attached hydrogens (tertiary/aromatic N) is 2. The smallest absolute Gasteiger partial charge is 0.368 e. The lowest BCUT2D eigenvalue weighted by molar-refractivity contribution is -0.137. The van der Waals surface area contributed by atoms with E-state index in [2.05, 4.69) is 15.3 Å². The van der Waals surface area contributed by atoms with Crippen LogP contribution in [0.25, 0.3) is 11.3 Å². The van der Waals surface area contributed by atoms with Gasteiger partial charge in [-0.25, -0.2) is 4.98 Å². The summed E-state index contributed by atoms with van der Waals surface area (Å²) in [6, 6.07) is 13.4. The van der Waals surface area contributed by atoms with Crippen molar-refractivity contribution in [3.05, 3.63) is 65.2 Å². The Hall–Kier alpha value is -2.80. The van der Waals surface area contributed by atoms with Crippen LogP contribution >= 0.6 is 11.6 Å². The number of halogens is 4. The van der Waals surface area contributed by atoms with E-state index in [4.69, 9.17) is 17.3 Å². The molecule has 3 rings (SSSR count). The van der Waals surface area contributed by atoms with E-state index in [-0.39, 0.29) is 30.5 Å². The molecular weight excluding hydrogens is 365 g/mol. The minimum atomic E-state index is -4.50. The van der Waals surface area contributed by atoms with E-state index in [1.54, 1.807) is 24.3 Å². The summed E-state index contributed by atoms with van der Waals surface area (Å²) in [6.07, 6.45) is -4.50. The monoisotopic (exact) mass is 380 g/mol. The fourth-order valence-corrected chi connectivity index (χ4v) is 2.43. The number of alkyl halides is 3. The van der Waals surface area contributed by atoms with E-state index in [0.29, 0.717) is 10.7 Å². The first kappa shape index (κ1) is 19.5. The Morgan fingerprint density at radius 2 is 1.62 bits per heavy atom. The first-order valence-corrected chi connectivity index (χ1v) is 7.54. The highest BCUT2D eigenvalue weighted by Crippen LogP contribution is 2.37. The quantitative estimate of drug-likeness (QED) is 0.604. The number of benzene rings is 2. The minimum Gasteiger partial charge on any atom is -0.368 e. The van der Waals surface area contributed by atoms with Crippen molar-refractivity contribution in [2.45, 2.75) is 13.6 Å². The van der Waals surface area contributed by atoms with Gasteiger partial charge < -0.3 is 11.1 Å².